The number of ether oxygens (including phenoxy) is 2. The fraction of sp³-hybridized carbons (Fsp3) is 0.320. The zero-order valence-corrected chi connectivity index (χ0v) is 18.0. The lowest BCUT2D eigenvalue weighted by Crippen LogP contribution is -2.61. The van der Waals surface area contributed by atoms with Crippen molar-refractivity contribution in [3.05, 3.63) is 71.5 Å². The molecule has 3 unspecified atom stereocenters. The van der Waals surface area contributed by atoms with Gasteiger partial charge in [0.15, 0.2) is 5.60 Å². The number of hydrogen-bond donors (Lipinski definition) is 3. The van der Waals surface area contributed by atoms with Gasteiger partial charge < -0.3 is 25.4 Å². The number of rotatable bonds is 7. The molecule has 1 fully saturated rings. The van der Waals surface area contributed by atoms with E-state index >= 15 is 0 Å². The summed E-state index contributed by atoms with van der Waals surface area (Å²) in [5.41, 5.74) is 3.46. The van der Waals surface area contributed by atoms with Gasteiger partial charge in [0.25, 0.3) is 5.91 Å². The summed E-state index contributed by atoms with van der Waals surface area (Å²) in [5.74, 6) is -4.28. The van der Waals surface area contributed by atoms with Gasteiger partial charge in [-0.05, 0) is 30.4 Å². The van der Waals surface area contributed by atoms with Crippen LogP contribution in [0.25, 0.3) is 5.76 Å². The van der Waals surface area contributed by atoms with Crippen molar-refractivity contribution in [3.63, 3.8) is 0 Å². The second kappa shape index (κ2) is 8.37. The van der Waals surface area contributed by atoms with Gasteiger partial charge in [0.2, 0.25) is 11.6 Å². The predicted molar refractivity (Wildman–Crippen MR) is 119 cm³/mol. The van der Waals surface area contributed by atoms with E-state index in [0.717, 1.165) is 5.56 Å². The Bertz CT molecular complexity index is 1150. The summed E-state index contributed by atoms with van der Waals surface area (Å²) in [6, 6.07) is 5.29. The highest BCUT2D eigenvalue weighted by atomic mass is 16.5. The normalized spacial score (nSPS) is 26.2. The highest BCUT2D eigenvalue weighted by Gasteiger charge is 2.61. The Balaban J connectivity index is 1.83. The smallest absolute Gasteiger partial charge is 0.255 e. The van der Waals surface area contributed by atoms with E-state index in [1.165, 1.54) is 6.08 Å². The van der Waals surface area contributed by atoms with Crippen molar-refractivity contribution >= 4 is 23.2 Å². The summed E-state index contributed by atoms with van der Waals surface area (Å²) in [6.07, 6.45) is 3.64. The van der Waals surface area contributed by atoms with Crippen LogP contribution < -0.4 is 10.5 Å². The SMILES string of the molecule is C=CCOC1=C(C(N)=O)C(=O)C2(O)C(=O)C3=C(O)c4c(cccc4OCC=C)CC3CC2C1. The maximum Gasteiger partial charge on any atom is 0.255 e. The Hall–Kier alpha value is -3.65. The Kier molecular flexibility index (Phi) is 5.71. The molecular formula is C25H25NO7. The molecule has 0 spiro atoms. The fourth-order valence-electron chi connectivity index (χ4n) is 5.08. The standard InChI is InChI=1S/C25H25NO7/c1-3-8-32-16-7-5-6-13-10-14-11-15-12-17(33-9-4-2)20(24(26)30)23(29)25(15,31)22(28)19(14)21(27)18(13)16/h3-7,14-15,27,31H,1-2,8-12H2,(H2,26,30). The third kappa shape index (κ3) is 3.38. The number of fused-ring (bicyclic) bond motifs is 3. The largest absolute Gasteiger partial charge is 0.507 e. The summed E-state index contributed by atoms with van der Waals surface area (Å²) < 4.78 is 11.1. The quantitative estimate of drug-likeness (QED) is 0.327. The number of primary amides is 1. The Morgan fingerprint density at radius 2 is 1.85 bits per heavy atom. The summed E-state index contributed by atoms with van der Waals surface area (Å²) >= 11 is 0. The van der Waals surface area contributed by atoms with E-state index in [9.17, 15) is 24.6 Å². The van der Waals surface area contributed by atoms with E-state index in [1.54, 1.807) is 18.2 Å². The second-order valence-electron chi connectivity index (χ2n) is 8.38. The summed E-state index contributed by atoms with van der Waals surface area (Å²) in [5, 5.41) is 22.5. The maximum absolute atomic E-state index is 13.6. The second-order valence-corrected chi connectivity index (χ2v) is 8.38. The van der Waals surface area contributed by atoms with Crippen molar-refractivity contribution in [2.24, 2.45) is 17.6 Å². The molecule has 4 rings (SSSR count). The van der Waals surface area contributed by atoms with Crippen LogP contribution in [0.5, 0.6) is 5.75 Å². The topological polar surface area (TPSA) is 136 Å². The van der Waals surface area contributed by atoms with Crippen LogP contribution in [0.15, 0.2) is 60.4 Å². The number of amides is 1. The van der Waals surface area contributed by atoms with Crippen LogP contribution in [0.2, 0.25) is 0 Å². The van der Waals surface area contributed by atoms with Crippen molar-refractivity contribution in [1.82, 2.24) is 0 Å². The average Bonchev–Trinajstić information content (AvgIpc) is 2.78. The first-order valence-electron chi connectivity index (χ1n) is 10.6. The molecule has 0 radical (unpaired) electrons. The molecule has 1 saturated carbocycles. The highest BCUT2D eigenvalue weighted by Crippen LogP contribution is 2.51. The number of carbonyl (C=O) groups is 3. The average molecular weight is 451 g/mol. The Labute approximate surface area is 190 Å². The van der Waals surface area contributed by atoms with E-state index in [2.05, 4.69) is 13.2 Å². The number of ketones is 2. The van der Waals surface area contributed by atoms with Gasteiger partial charge in [-0.25, -0.2) is 0 Å². The molecule has 0 aromatic heterocycles. The van der Waals surface area contributed by atoms with Crippen molar-refractivity contribution < 1.29 is 34.1 Å². The fourth-order valence-corrected chi connectivity index (χ4v) is 5.08. The molecule has 1 amide bonds. The first-order valence-corrected chi connectivity index (χ1v) is 10.6. The van der Waals surface area contributed by atoms with E-state index in [-0.39, 0.29) is 43.1 Å². The lowest BCUT2D eigenvalue weighted by atomic mass is 9.58. The molecule has 1 aromatic rings. The molecule has 0 aliphatic heterocycles. The number of hydrogen-bond acceptors (Lipinski definition) is 7. The number of carbonyl (C=O) groups excluding carboxylic acids is 3. The molecule has 1 aromatic carbocycles. The van der Waals surface area contributed by atoms with Crippen LogP contribution in [-0.2, 0) is 25.5 Å². The first kappa shape index (κ1) is 22.5. The molecule has 33 heavy (non-hydrogen) atoms. The Morgan fingerprint density at radius 1 is 1.15 bits per heavy atom. The molecule has 8 nitrogen and oxygen atoms in total. The minimum absolute atomic E-state index is 0.0139. The number of allylic oxidation sites excluding steroid dienone is 1. The zero-order chi connectivity index (χ0) is 23.9. The zero-order valence-electron chi connectivity index (χ0n) is 18.0. The van der Waals surface area contributed by atoms with Crippen LogP contribution >= 0.6 is 0 Å². The lowest BCUT2D eigenvalue weighted by Gasteiger charge is -2.46. The van der Waals surface area contributed by atoms with E-state index in [4.69, 9.17) is 15.2 Å². The van der Waals surface area contributed by atoms with Gasteiger partial charge >= 0.3 is 0 Å². The van der Waals surface area contributed by atoms with Crippen LogP contribution in [0.4, 0.5) is 0 Å². The van der Waals surface area contributed by atoms with E-state index in [1.807, 2.05) is 6.07 Å². The number of benzene rings is 1. The van der Waals surface area contributed by atoms with Crippen molar-refractivity contribution in [2.75, 3.05) is 13.2 Å². The van der Waals surface area contributed by atoms with Gasteiger partial charge in [-0.1, -0.05) is 37.4 Å². The highest BCUT2D eigenvalue weighted by molar-refractivity contribution is 6.32. The molecule has 8 heteroatoms. The molecule has 3 atom stereocenters. The van der Waals surface area contributed by atoms with Gasteiger partial charge in [0, 0.05) is 17.9 Å². The van der Waals surface area contributed by atoms with Crippen LogP contribution in [0.1, 0.15) is 24.0 Å². The summed E-state index contributed by atoms with van der Waals surface area (Å²) in [4.78, 5) is 38.9. The van der Waals surface area contributed by atoms with Crippen molar-refractivity contribution in [1.29, 1.82) is 0 Å². The first-order chi connectivity index (χ1) is 15.7. The molecule has 0 bridgehead atoms. The van der Waals surface area contributed by atoms with Gasteiger partial charge in [0.05, 0.1) is 5.56 Å². The summed E-state index contributed by atoms with van der Waals surface area (Å²) in [6.45, 7) is 7.39. The van der Waals surface area contributed by atoms with Crippen LogP contribution in [0.3, 0.4) is 0 Å². The van der Waals surface area contributed by atoms with Gasteiger partial charge in [0.1, 0.15) is 36.1 Å². The van der Waals surface area contributed by atoms with Crippen molar-refractivity contribution in [3.8, 4) is 5.75 Å². The molecule has 0 heterocycles. The molecule has 0 saturated heterocycles. The van der Waals surface area contributed by atoms with Crippen LogP contribution in [-0.4, -0.2) is 46.5 Å². The number of Topliss-reactive ketones (excluding diaryl/α,β-unsaturated/α-hetero) is 2. The number of aliphatic hydroxyl groups is 2. The minimum atomic E-state index is -2.51. The molecular weight excluding hydrogens is 426 g/mol. The maximum atomic E-state index is 13.6. The van der Waals surface area contributed by atoms with Gasteiger partial charge in [-0.15, -0.1) is 0 Å². The molecule has 4 N–H and O–H groups in total. The third-order valence-electron chi connectivity index (χ3n) is 6.49. The minimum Gasteiger partial charge on any atom is -0.507 e. The summed E-state index contributed by atoms with van der Waals surface area (Å²) in [7, 11) is 0. The monoisotopic (exact) mass is 451 g/mol. The Morgan fingerprint density at radius 3 is 2.52 bits per heavy atom. The predicted octanol–water partition coefficient (Wildman–Crippen LogP) is 1.93. The molecule has 3 aliphatic carbocycles. The van der Waals surface area contributed by atoms with Gasteiger partial charge in [-0.3, -0.25) is 14.4 Å². The lowest BCUT2D eigenvalue weighted by molar-refractivity contribution is -0.158. The number of nitrogens with two attached hydrogens (primary N) is 1. The molecule has 172 valence electrons. The molecule has 3 aliphatic rings. The van der Waals surface area contributed by atoms with Crippen molar-refractivity contribution in [2.45, 2.75) is 24.9 Å². The number of aliphatic hydroxyl groups excluding tert-OH is 1. The van der Waals surface area contributed by atoms with Crippen LogP contribution in [0, 0.1) is 11.8 Å². The van der Waals surface area contributed by atoms with E-state index in [0.29, 0.717) is 17.7 Å². The van der Waals surface area contributed by atoms with Gasteiger partial charge in [-0.2, -0.15) is 0 Å². The third-order valence-corrected chi connectivity index (χ3v) is 6.49. The van der Waals surface area contributed by atoms with E-state index < -0.39 is 40.5 Å².